The summed E-state index contributed by atoms with van der Waals surface area (Å²) in [5.41, 5.74) is 1.20. The maximum Gasteiger partial charge on any atom is -0.0246 e. The Bertz CT molecular complexity index is 214. The van der Waals surface area contributed by atoms with Gasteiger partial charge < -0.3 is 0 Å². The number of hydrogen-bond donors (Lipinski definition) is 0. The number of rotatable bonds is 4. The first-order valence-electron chi connectivity index (χ1n) is 6.81. The summed E-state index contributed by atoms with van der Waals surface area (Å²) in [5, 5.41) is 0. The van der Waals surface area contributed by atoms with Gasteiger partial charge in [0.15, 0.2) is 0 Å². The van der Waals surface area contributed by atoms with Gasteiger partial charge in [0.1, 0.15) is 0 Å². The molecule has 0 bridgehead atoms. The van der Waals surface area contributed by atoms with Crippen molar-refractivity contribution in [3.8, 4) is 0 Å². The summed E-state index contributed by atoms with van der Waals surface area (Å²) in [6.07, 6.45) is 4.14. The molecule has 1 aliphatic rings. The minimum Gasteiger partial charge on any atom is -0.0649 e. The Morgan fingerprint density at radius 1 is 1.27 bits per heavy atom. The van der Waals surface area contributed by atoms with Gasteiger partial charge in [-0.15, -0.1) is 0 Å². The van der Waals surface area contributed by atoms with E-state index in [1.54, 1.807) is 0 Å². The zero-order chi connectivity index (χ0) is 11.9. The maximum atomic E-state index is 2.50. The Balaban J connectivity index is 2.76. The van der Waals surface area contributed by atoms with E-state index >= 15 is 0 Å². The molecule has 0 amide bonds. The molecule has 0 nitrogen and oxygen atoms in total. The van der Waals surface area contributed by atoms with E-state index in [0.29, 0.717) is 10.8 Å². The number of hydrogen-bond acceptors (Lipinski definition) is 0. The van der Waals surface area contributed by atoms with Crippen LogP contribution in [0.4, 0.5) is 0 Å². The van der Waals surface area contributed by atoms with E-state index in [4.69, 9.17) is 0 Å². The fourth-order valence-electron chi connectivity index (χ4n) is 3.86. The van der Waals surface area contributed by atoms with Gasteiger partial charge in [-0.25, -0.2) is 0 Å². The van der Waals surface area contributed by atoms with Gasteiger partial charge in [0.2, 0.25) is 0 Å². The first kappa shape index (κ1) is 13.1. The van der Waals surface area contributed by atoms with Crippen LogP contribution < -0.4 is 0 Å². The summed E-state index contributed by atoms with van der Waals surface area (Å²) in [6, 6.07) is 0. The van der Waals surface area contributed by atoms with Crippen molar-refractivity contribution < 1.29 is 0 Å². The summed E-state index contributed by atoms with van der Waals surface area (Å²) in [4.78, 5) is 0. The molecule has 1 aliphatic carbocycles. The molecule has 1 saturated carbocycles. The Labute approximate surface area is 96.8 Å². The third kappa shape index (κ3) is 1.85. The van der Waals surface area contributed by atoms with E-state index in [-0.39, 0.29) is 0 Å². The lowest BCUT2D eigenvalue weighted by molar-refractivity contribution is -0.124. The fraction of sp³-hybridized carbons (Fsp3) is 1.00. The highest BCUT2D eigenvalue weighted by Gasteiger charge is 2.55. The van der Waals surface area contributed by atoms with Crippen molar-refractivity contribution in [2.75, 3.05) is 0 Å². The van der Waals surface area contributed by atoms with Gasteiger partial charge in [-0.1, -0.05) is 54.9 Å². The van der Waals surface area contributed by atoms with Gasteiger partial charge in [-0.3, -0.25) is 0 Å². The van der Waals surface area contributed by atoms with Crippen molar-refractivity contribution in [2.45, 2.75) is 67.7 Å². The van der Waals surface area contributed by atoms with Crippen molar-refractivity contribution in [2.24, 2.45) is 28.6 Å². The second-order valence-corrected chi connectivity index (χ2v) is 6.68. The lowest BCUT2D eigenvalue weighted by atomic mass is 9.44. The summed E-state index contributed by atoms with van der Waals surface area (Å²) in [6.45, 7) is 16.9. The predicted octanol–water partition coefficient (Wildman–Crippen LogP) is 5.13. The Kier molecular flexibility index (Phi) is 3.58. The second-order valence-electron chi connectivity index (χ2n) is 6.68. The smallest absolute Gasteiger partial charge is 0.0246 e. The molecule has 15 heavy (non-hydrogen) atoms. The van der Waals surface area contributed by atoms with Gasteiger partial charge >= 0.3 is 0 Å². The van der Waals surface area contributed by atoms with Gasteiger partial charge in [-0.2, -0.15) is 0 Å². The molecule has 3 unspecified atom stereocenters. The maximum absolute atomic E-state index is 2.50. The highest BCUT2D eigenvalue weighted by Crippen LogP contribution is 2.63. The molecule has 0 radical (unpaired) electrons. The van der Waals surface area contributed by atoms with Crippen LogP contribution in [-0.2, 0) is 0 Å². The average Bonchev–Trinajstić information content (AvgIpc) is 2.16. The first-order valence-corrected chi connectivity index (χ1v) is 6.81. The van der Waals surface area contributed by atoms with E-state index in [9.17, 15) is 0 Å². The van der Waals surface area contributed by atoms with Gasteiger partial charge in [0, 0.05) is 0 Å². The molecule has 0 saturated heterocycles. The average molecular weight is 210 g/mol. The quantitative estimate of drug-likeness (QED) is 0.603. The van der Waals surface area contributed by atoms with Crippen LogP contribution in [0.2, 0.25) is 0 Å². The van der Waals surface area contributed by atoms with Crippen LogP contribution in [0.5, 0.6) is 0 Å². The molecule has 1 fully saturated rings. The molecule has 0 heterocycles. The van der Waals surface area contributed by atoms with Gasteiger partial charge in [0.25, 0.3) is 0 Å². The van der Waals surface area contributed by atoms with Crippen molar-refractivity contribution >= 4 is 0 Å². The van der Waals surface area contributed by atoms with Crippen LogP contribution in [0.3, 0.4) is 0 Å². The third-order valence-corrected chi connectivity index (χ3v) is 5.83. The topological polar surface area (TPSA) is 0 Å². The molecule has 0 N–H and O–H groups in total. The van der Waals surface area contributed by atoms with E-state index in [1.807, 2.05) is 0 Å². The first-order chi connectivity index (χ1) is 6.81. The zero-order valence-electron chi connectivity index (χ0n) is 11.9. The molecule has 0 spiro atoms. The molecule has 0 aromatic heterocycles. The standard InChI is InChI=1S/C15H30/c1-8-14(6,7)13-10-15(9-2,11(3)4)12(13)5/h11-13H,8-10H2,1-7H3. The van der Waals surface area contributed by atoms with Crippen molar-refractivity contribution in [3.63, 3.8) is 0 Å². The molecule has 0 aliphatic heterocycles. The molecular formula is C15H30. The molecule has 3 atom stereocenters. The molecule has 0 heteroatoms. The zero-order valence-corrected chi connectivity index (χ0v) is 11.9. The van der Waals surface area contributed by atoms with Crippen molar-refractivity contribution in [1.82, 2.24) is 0 Å². The molecule has 1 rings (SSSR count). The monoisotopic (exact) mass is 210 g/mol. The largest absolute Gasteiger partial charge is 0.0649 e. The van der Waals surface area contributed by atoms with Crippen LogP contribution in [0.1, 0.15) is 67.7 Å². The summed E-state index contributed by atoms with van der Waals surface area (Å²) in [7, 11) is 0. The SMILES string of the molecule is CCC(C)(C)C1CC(CC)(C(C)C)C1C. The van der Waals surface area contributed by atoms with Crippen LogP contribution in [0.25, 0.3) is 0 Å². The summed E-state index contributed by atoms with van der Waals surface area (Å²) in [5.74, 6) is 2.71. The Morgan fingerprint density at radius 2 is 1.80 bits per heavy atom. The summed E-state index contributed by atoms with van der Waals surface area (Å²) < 4.78 is 0. The third-order valence-electron chi connectivity index (χ3n) is 5.83. The summed E-state index contributed by atoms with van der Waals surface area (Å²) >= 11 is 0. The van der Waals surface area contributed by atoms with E-state index < -0.39 is 0 Å². The normalized spacial score (nSPS) is 36.8. The molecular weight excluding hydrogens is 180 g/mol. The van der Waals surface area contributed by atoms with Crippen molar-refractivity contribution in [3.05, 3.63) is 0 Å². The van der Waals surface area contributed by atoms with Gasteiger partial charge in [0.05, 0.1) is 0 Å². The fourth-order valence-corrected chi connectivity index (χ4v) is 3.86. The highest BCUT2D eigenvalue weighted by molar-refractivity contribution is 5.04. The van der Waals surface area contributed by atoms with E-state index in [0.717, 1.165) is 17.8 Å². The van der Waals surface area contributed by atoms with E-state index in [2.05, 4.69) is 48.5 Å². The minimum absolute atomic E-state index is 0.549. The van der Waals surface area contributed by atoms with Crippen LogP contribution in [0, 0.1) is 28.6 Å². The van der Waals surface area contributed by atoms with Crippen molar-refractivity contribution in [1.29, 1.82) is 0 Å². The molecule has 0 aromatic rings. The highest BCUT2D eigenvalue weighted by atomic mass is 14.6. The van der Waals surface area contributed by atoms with Crippen LogP contribution in [0.15, 0.2) is 0 Å². The molecule has 90 valence electrons. The predicted molar refractivity (Wildman–Crippen MR) is 68.9 cm³/mol. The molecule has 0 aromatic carbocycles. The Morgan fingerprint density at radius 3 is 2.07 bits per heavy atom. The Hall–Kier alpha value is 0. The van der Waals surface area contributed by atoms with Crippen LogP contribution in [-0.4, -0.2) is 0 Å². The van der Waals surface area contributed by atoms with Crippen LogP contribution >= 0.6 is 0 Å². The minimum atomic E-state index is 0.549. The second kappa shape index (κ2) is 4.11. The lowest BCUT2D eigenvalue weighted by Gasteiger charge is -2.61. The lowest BCUT2D eigenvalue weighted by Crippen LogP contribution is -2.54. The van der Waals surface area contributed by atoms with E-state index in [1.165, 1.54) is 19.3 Å². The van der Waals surface area contributed by atoms with Gasteiger partial charge in [-0.05, 0) is 41.4 Å².